The van der Waals surface area contributed by atoms with Crippen LogP contribution < -0.4 is 10.6 Å². The van der Waals surface area contributed by atoms with E-state index in [2.05, 4.69) is 20.8 Å². The maximum atomic E-state index is 13.5. The van der Waals surface area contributed by atoms with Crippen LogP contribution in [0.5, 0.6) is 0 Å². The van der Waals surface area contributed by atoms with E-state index in [9.17, 15) is 9.18 Å². The SMILES string of the molecule is O=C(Cc1cccs1)Nc1ccc(NCc2ccccc2F)nn1. The molecule has 3 rings (SSSR count). The molecular weight excluding hydrogens is 327 g/mol. The first-order chi connectivity index (χ1) is 11.7. The van der Waals surface area contributed by atoms with E-state index in [1.165, 1.54) is 17.4 Å². The second-order valence-corrected chi connectivity index (χ2v) is 6.09. The summed E-state index contributed by atoms with van der Waals surface area (Å²) in [5.41, 5.74) is 0.549. The van der Waals surface area contributed by atoms with Gasteiger partial charge in [-0.05, 0) is 29.6 Å². The number of nitrogens with zero attached hydrogens (tertiary/aromatic N) is 2. The quantitative estimate of drug-likeness (QED) is 0.720. The van der Waals surface area contributed by atoms with Gasteiger partial charge in [-0.2, -0.15) is 0 Å². The summed E-state index contributed by atoms with van der Waals surface area (Å²) >= 11 is 1.53. The third kappa shape index (κ3) is 4.36. The average molecular weight is 342 g/mol. The number of hydrogen-bond acceptors (Lipinski definition) is 5. The molecule has 0 bridgehead atoms. The minimum absolute atomic E-state index is 0.140. The molecule has 5 nitrogen and oxygen atoms in total. The van der Waals surface area contributed by atoms with E-state index in [0.29, 0.717) is 30.2 Å². The summed E-state index contributed by atoms with van der Waals surface area (Å²) in [5, 5.41) is 15.5. The van der Waals surface area contributed by atoms with Gasteiger partial charge in [0.15, 0.2) is 5.82 Å². The molecule has 2 aromatic heterocycles. The Morgan fingerprint density at radius 2 is 1.83 bits per heavy atom. The number of anilines is 2. The van der Waals surface area contributed by atoms with Crippen molar-refractivity contribution in [2.75, 3.05) is 10.6 Å². The Labute approximate surface area is 142 Å². The van der Waals surface area contributed by atoms with Gasteiger partial charge in [-0.3, -0.25) is 4.79 Å². The van der Waals surface area contributed by atoms with Gasteiger partial charge in [-0.1, -0.05) is 24.3 Å². The van der Waals surface area contributed by atoms with E-state index in [1.807, 2.05) is 17.5 Å². The van der Waals surface area contributed by atoms with Gasteiger partial charge in [0.1, 0.15) is 11.6 Å². The lowest BCUT2D eigenvalue weighted by Crippen LogP contribution is -2.15. The Bertz CT molecular complexity index is 806. The number of amides is 1. The molecule has 0 aliphatic rings. The molecule has 3 aromatic rings. The topological polar surface area (TPSA) is 66.9 Å². The second-order valence-electron chi connectivity index (χ2n) is 5.05. The van der Waals surface area contributed by atoms with E-state index in [0.717, 1.165) is 4.88 Å². The number of thiophene rings is 1. The predicted octanol–water partition coefficient (Wildman–Crippen LogP) is 3.47. The molecule has 0 aliphatic carbocycles. The Morgan fingerprint density at radius 1 is 1.04 bits per heavy atom. The zero-order valence-electron chi connectivity index (χ0n) is 12.7. The fraction of sp³-hybridized carbons (Fsp3) is 0.118. The van der Waals surface area contributed by atoms with Crippen LogP contribution >= 0.6 is 11.3 Å². The van der Waals surface area contributed by atoms with E-state index in [-0.39, 0.29) is 11.7 Å². The number of carbonyl (C=O) groups is 1. The highest BCUT2D eigenvalue weighted by molar-refractivity contribution is 7.10. The number of aromatic nitrogens is 2. The van der Waals surface area contributed by atoms with Crippen LogP contribution in [0.25, 0.3) is 0 Å². The molecule has 1 amide bonds. The second kappa shape index (κ2) is 7.65. The van der Waals surface area contributed by atoms with Crippen LogP contribution in [0.4, 0.5) is 16.0 Å². The first-order valence-electron chi connectivity index (χ1n) is 7.34. The highest BCUT2D eigenvalue weighted by Gasteiger charge is 2.07. The zero-order chi connectivity index (χ0) is 16.8. The number of carbonyl (C=O) groups excluding carboxylic acids is 1. The van der Waals surface area contributed by atoms with Crippen LogP contribution in [0.3, 0.4) is 0 Å². The third-order valence-corrected chi connectivity index (χ3v) is 4.14. The highest BCUT2D eigenvalue weighted by atomic mass is 32.1. The number of benzene rings is 1. The lowest BCUT2D eigenvalue weighted by Gasteiger charge is -2.07. The molecule has 0 aliphatic heterocycles. The minimum atomic E-state index is -0.268. The molecule has 0 unspecified atom stereocenters. The summed E-state index contributed by atoms with van der Waals surface area (Å²) in [5.74, 6) is 0.483. The van der Waals surface area contributed by atoms with Crippen molar-refractivity contribution < 1.29 is 9.18 Å². The van der Waals surface area contributed by atoms with Crippen molar-refractivity contribution in [1.29, 1.82) is 0 Å². The maximum absolute atomic E-state index is 13.5. The van der Waals surface area contributed by atoms with Crippen molar-refractivity contribution in [2.24, 2.45) is 0 Å². The molecule has 0 radical (unpaired) electrons. The van der Waals surface area contributed by atoms with Crippen LogP contribution in [0, 0.1) is 5.82 Å². The molecule has 0 atom stereocenters. The lowest BCUT2D eigenvalue weighted by molar-refractivity contribution is -0.115. The predicted molar refractivity (Wildman–Crippen MR) is 92.4 cm³/mol. The van der Waals surface area contributed by atoms with Crippen LogP contribution in [-0.4, -0.2) is 16.1 Å². The molecular formula is C17H15FN4OS. The normalized spacial score (nSPS) is 10.4. The molecule has 0 fully saturated rings. The van der Waals surface area contributed by atoms with Crippen molar-refractivity contribution >= 4 is 28.9 Å². The van der Waals surface area contributed by atoms with Crippen LogP contribution in [-0.2, 0) is 17.8 Å². The summed E-state index contributed by atoms with van der Waals surface area (Å²) in [4.78, 5) is 12.9. The average Bonchev–Trinajstić information content (AvgIpc) is 3.08. The Balaban J connectivity index is 1.53. The number of halogens is 1. The van der Waals surface area contributed by atoms with E-state index < -0.39 is 0 Å². The third-order valence-electron chi connectivity index (χ3n) is 3.26. The maximum Gasteiger partial charge on any atom is 0.230 e. The molecule has 0 saturated heterocycles. The Kier molecular flexibility index (Phi) is 5.12. The van der Waals surface area contributed by atoms with Crippen molar-refractivity contribution in [3.8, 4) is 0 Å². The molecule has 0 saturated carbocycles. The van der Waals surface area contributed by atoms with Crippen molar-refractivity contribution in [3.63, 3.8) is 0 Å². The van der Waals surface area contributed by atoms with Gasteiger partial charge < -0.3 is 10.6 Å². The summed E-state index contributed by atoms with van der Waals surface area (Å²) in [6, 6.07) is 13.7. The fourth-order valence-electron chi connectivity index (χ4n) is 2.08. The van der Waals surface area contributed by atoms with Gasteiger partial charge in [0, 0.05) is 17.0 Å². The first kappa shape index (κ1) is 16.1. The molecule has 1 aromatic carbocycles. The van der Waals surface area contributed by atoms with E-state index in [4.69, 9.17) is 0 Å². The van der Waals surface area contributed by atoms with Crippen LogP contribution in [0.2, 0.25) is 0 Å². The number of nitrogens with one attached hydrogen (secondary N) is 2. The molecule has 2 N–H and O–H groups in total. The molecule has 24 heavy (non-hydrogen) atoms. The Hall–Kier alpha value is -2.80. The van der Waals surface area contributed by atoms with Crippen molar-refractivity contribution in [2.45, 2.75) is 13.0 Å². The summed E-state index contributed by atoms with van der Waals surface area (Å²) in [7, 11) is 0. The van der Waals surface area contributed by atoms with Crippen LogP contribution in [0.1, 0.15) is 10.4 Å². The van der Waals surface area contributed by atoms with Gasteiger partial charge in [0.25, 0.3) is 0 Å². The Morgan fingerprint density at radius 3 is 2.54 bits per heavy atom. The lowest BCUT2D eigenvalue weighted by atomic mass is 10.2. The monoisotopic (exact) mass is 342 g/mol. The first-order valence-corrected chi connectivity index (χ1v) is 8.22. The number of rotatable bonds is 6. The fourth-order valence-corrected chi connectivity index (χ4v) is 2.78. The summed E-state index contributed by atoms with van der Waals surface area (Å²) in [6.07, 6.45) is 0.312. The summed E-state index contributed by atoms with van der Waals surface area (Å²) < 4.78 is 13.5. The highest BCUT2D eigenvalue weighted by Crippen LogP contribution is 2.12. The van der Waals surface area contributed by atoms with Gasteiger partial charge in [0.05, 0.1) is 6.42 Å². The number of hydrogen-bond donors (Lipinski definition) is 2. The zero-order valence-corrected chi connectivity index (χ0v) is 13.5. The summed E-state index contributed by atoms with van der Waals surface area (Å²) in [6.45, 7) is 0.311. The van der Waals surface area contributed by atoms with E-state index >= 15 is 0 Å². The minimum Gasteiger partial charge on any atom is -0.364 e. The smallest absolute Gasteiger partial charge is 0.230 e. The molecule has 7 heteroatoms. The van der Waals surface area contributed by atoms with Gasteiger partial charge in [0.2, 0.25) is 5.91 Å². The van der Waals surface area contributed by atoms with Gasteiger partial charge >= 0.3 is 0 Å². The van der Waals surface area contributed by atoms with Gasteiger partial charge in [-0.15, -0.1) is 21.5 Å². The standard InChI is InChI=1S/C17H15FN4OS/c18-14-6-2-1-4-12(14)11-19-15-7-8-16(22-21-15)20-17(23)10-13-5-3-9-24-13/h1-9H,10-11H2,(H,19,21)(H,20,22,23). The van der Waals surface area contributed by atoms with Crippen molar-refractivity contribution in [3.05, 3.63) is 70.2 Å². The molecule has 122 valence electrons. The van der Waals surface area contributed by atoms with Crippen molar-refractivity contribution in [1.82, 2.24) is 10.2 Å². The largest absolute Gasteiger partial charge is 0.364 e. The van der Waals surface area contributed by atoms with Crippen LogP contribution in [0.15, 0.2) is 53.9 Å². The van der Waals surface area contributed by atoms with E-state index in [1.54, 1.807) is 30.3 Å². The molecule has 0 spiro atoms. The van der Waals surface area contributed by atoms with Gasteiger partial charge in [-0.25, -0.2) is 4.39 Å². The molecule has 2 heterocycles.